The second kappa shape index (κ2) is 6.67. The van der Waals surface area contributed by atoms with Crippen LogP contribution >= 0.6 is 27.5 Å². The Bertz CT molecular complexity index is 446. The monoisotopic (exact) mass is 317 g/mol. The van der Waals surface area contributed by atoms with Gasteiger partial charge in [0.2, 0.25) is 0 Å². The molecule has 0 spiro atoms. The van der Waals surface area contributed by atoms with Crippen molar-refractivity contribution in [1.82, 2.24) is 0 Å². The van der Waals surface area contributed by atoms with Crippen LogP contribution in [0, 0.1) is 0 Å². The van der Waals surface area contributed by atoms with Gasteiger partial charge in [0.1, 0.15) is 0 Å². The summed E-state index contributed by atoms with van der Waals surface area (Å²) in [7, 11) is 0. The van der Waals surface area contributed by atoms with Gasteiger partial charge in [-0.3, -0.25) is 0 Å². The van der Waals surface area contributed by atoms with E-state index in [1.54, 1.807) is 12.1 Å². The SMILES string of the molecule is CC/C(=C/CNc1ccc(Cl)c(Br)c1)C(=O)O. The zero-order valence-corrected chi connectivity index (χ0v) is 11.7. The summed E-state index contributed by atoms with van der Waals surface area (Å²) in [5, 5.41) is 12.6. The molecule has 0 radical (unpaired) electrons. The maximum absolute atomic E-state index is 10.8. The second-order valence-electron chi connectivity index (χ2n) is 3.40. The number of halogens is 2. The van der Waals surface area contributed by atoms with Crippen LogP contribution in [0.1, 0.15) is 13.3 Å². The molecular weight excluding hydrogens is 305 g/mol. The number of nitrogens with one attached hydrogen (secondary N) is 1. The smallest absolute Gasteiger partial charge is 0.331 e. The number of hydrogen-bond acceptors (Lipinski definition) is 2. The first kappa shape index (κ1) is 14.1. The minimum absolute atomic E-state index is 0.408. The van der Waals surface area contributed by atoms with Crippen molar-refractivity contribution in [2.45, 2.75) is 13.3 Å². The zero-order chi connectivity index (χ0) is 12.8. The van der Waals surface area contributed by atoms with Gasteiger partial charge in [-0.25, -0.2) is 4.79 Å². The van der Waals surface area contributed by atoms with Crippen LogP contribution in [0.3, 0.4) is 0 Å². The fourth-order valence-corrected chi connectivity index (χ4v) is 1.78. The van der Waals surface area contributed by atoms with Crippen LogP contribution in [-0.4, -0.2) is 17.6 Å². The van der Waals surface area contributed by atoms with Crippen LogP contribution in [0.15, 0.2) is 34.3 Å². The Hall–Kier alpha value is -1.00. The summed E-state index contributed by atoms with van der Waals surface area (Å²) in [6.45, 7) is 2.29. The highest BCUT2D eigenvalue weighted by Gasteiger charge is 2.03. The molecule has 17 heavy (non-hydrogen) atoms. The topological polar surface area (TPSA) is 49.3 Å². The van der Waals surface area contributed by atoms with E-state index < -0.39 is 5.97 Å². The van der Waals surface area contributed by atoms with Gasteiger partial charge < -0.3 is 10.4 Å². The predicted molar refractivity (Wildman–Crippen MR) is 73.7 cm³/mol. The zero-order valence-electron chi connectivity index (χ0n) is 9.34. The van der Waals surface area contributed by atoms with E-state index in [2.05, 4.69) is 21.2 Å². The lowest BCUT2D eigenvalue weighted by molar-refractivity contribution is -0.132. The van der Waals surface area contributed by atoms with E-state index in [9.17, 15) is 4.79 Å². The summed E-state index contributed by atoms with van der Waals surface area (Å²) >= 11 is 9.19. The van der Waals surface area contributed by atoms with Crippen molar-refractivity contribution in [3.05, 3.63) is 39.3 Å². The molecule has 3 nitrogen and oxygen atoms in total. The summed E-state index contributed by atoms with van der Waals surface area (Å²) in [5.41, 5.74) is 1.30. The molecule has 1 aromatic rings. The molecule has 2 N–H and O–H groups in total. The number of anilines is 1. The van der Waals surface area contributed by atoms with Crippen molar-refractivity contribution in [3.63, 3.8) is 0 Å². The minimum Gasteiger partial charge on any atom is -0.478 e. The maximum atomic E-state index is 10.8. The third-order valence-corrected chi connectivity index (χ3v) is 3.44. The van der Waals surface area contributed by atoms with Gasteiger partial charge in [-0.15, -0.1) is 0 Å². The lowest BCUT2D eigenvalue weighted by Gasteiger charge is -2.05. The molecular formula is C12H13BrClNO2. The molecule has 0 saturated heterocycles. The molecule has 0 aliphatic heterocycles. The molecule has 0 atom stereocenters. The van der Waals surface area contributed by atoms with Gasteiger partial charge in [0, 0.05) is 22.3 Å². The number of hydrogen-bond donors (Lipinski definition) is 2. The summed E-state index contributed by atoms with van der Waals surface area (Å²) in [6, 6.07) is 5.46. The van der Waals surface area contributed by atoms with Crippen LogP contribution in [0.2, 0.25) is 5.02 Å². The fraction of sp³-hybridized carbons (Fsp3) is 0.250. The Labute approximate surface area is 114 Å². The summed E-state index contributed by atoms with van der Waals surface area (Å²) in [4.78, 5) is 10.8. The average molecular weight is 319 g/mol. The lowest BCUT2D eigenvalue weighted by atomic mass is 10.2. The number of rotatable bonds is 5. The third kappa shape index (κ3) is 4.40. The Morgan fingerprint density at radius 2 is 2.29 bits per heavy atom. The van der Waals surface area contributed by atoms with Gasteiger partial charge in [0.25, 0.3) is 0 Å². The van der Waals surface area contributed by atoms with E-state index in [0.717, 1.165) is 10.2 Å². The van der Waals surface area contributed by atoms with Crippen LogP contribution in [-0.2, 0) is 4.79 Å². The van der Waals surface area contributed by atoms with Crippen LogP contribution in [0.5, 0.6) is 0 Å². The van der Waals surface area contributed by atoms with Gasteiger partial charge in [-0.2, -0.15) is 0 Å². The standard InChI is InChI=1S/C12H13BrClNO2/c1-2-8(12(16)17)5-6-15-9-3-4-11(14)10(13)7-9/h3-5,7,15H,2,6H2,1H3,(H,16,17)/b8-5-. The Kier molecular flexibility index (Phi) is 5.51. The largest absolute Gasteiger partial charge is 0.478 e. The number of carbonyl (C=O) groups is 1. The molecule has 0 bridgehead atoms. The Morgan fingerprint density at radius 1 is 1.59 bits per heavy atom. The normalized spacial score (nSPS) is 11.4. The third-order valence-electron chi connectivity index (χ3n) is 2.23. The number of carboxylic acid groups (broad SMARTS) is 1. The van der Waals surface area contributed by atoms with Gasteiger partial charge in [0.15, 0.2) is 0 Å². The van der Waals surface area contributed by atoms with Crippen molar-refractivity contribution < 1.29 is 9.90 Å². The van der Waals surface area contributed by atoms with Crippen LogP contribution < -0.4 is 5.32 Å². The summed E-state index contributed by atoms with van der Waals surface area (Å²) < 4.78 is 0.807. The van der Waals surface area contributed by atoms with E-state index in [1.165, 1.54) is 0 Å². The molecule has 0 unspecified atom stereocenters. The molecule has 0 aliphatic carbocycles. The van der Waals surface area contributed by atoms with Gasteiger partial charge in [-0.1, -0.05) is 24.6 Å². The molecule has 92 valence electrons. The molecule has 5 heteroatoms. The highest BCUT2D eigenvalue weighted by Crippen LogP contribution is 2.25. The van der Waals surface area contributed by atoms with E-state index in [1.807, 2.05) is 19.1 Å². The molecule has 0 saturated carbocycles. The quantitative estimate of drug-likeness (QED) is 0.809. The van der Waals surface area contributed by atoms with Gasteiger partial charge in [-0.05, 0) is 40.5 Å². The predicted octanol–water partition coefficient (Wildman–Crippen LogP) is 3.94. The van der Waals surface area contributed by atoms with Crippen LogP contribution in [0.4, 0.5) is 5.69 Å². The average Bonchev–Trinajstić information content (AvgIpc) is 2.28. The van der Waals surface area contributed by atoms with E-state index in [0.29, 0.717) is 23.6 Å². The van der Waals surface area contributed by atoms with Crippen molar-refractivity contribution in [2.75, 3.05) is 11.9 Å². The molecule has 0 aliphatic rings. The Balaban J connectivity index is 2.61. The Morgan fingerprint density at radius 3 is 2.82 bits per heavy atom. The minimum atomic E-state index is -0.869. The summed E-state index contributed by atoms with van der Waals surface area (Å²) in [5.74, 6) is -0.869. The summed E-state index contributed by atoms with van der Waals surface area (Å²) in [6.07, 6.45) is 2.19. The maximum Gasteiger partial charge on any atom is 0.331 e. The molecule has 0 heterocycles. The molecule has 0 amide bonds. The van der Waals surface area contributed by atoms with Crippen molar-refractivity contribution in [1.29, 1.82) is 0 Å². The van der Waals surface area contributed by atoms with E-state index >= 15 is 0 Å². The first-order chi connectivity index (χ1) is 8.04. The first-order valence-electron chi connectivity index (χ1n) is 5.15. The highest BCUT2D eigenvalue weighted by molar-refractivity contribution is 9.10. The van der Waals surface area contributed by atoms with Crippen molar-refractivity contribution in [3.8, 4) is 0 Å². The lowest BCUT2D eigenvalue weighted by Crippen LogP contribution is -2.04. The van der Waals surface area contributed by atoms with Crippen molar-refractivity contribution in [2.24, 2.45) is 0 Å². The van der Waals surface area contributed by atoms with E-state index in [4.69, 9.17) is 16.7 Å². The molecule has 0 fully saturated rings. The van der Waals surface area contributed by atoms with Gasteiger partial charge >= 0.3 is 5.97 Å². The second-order valence-corrected chi connectivity index (χ2v) is 4.66. The molecule has 1 aromatic carbocycles. The number of carboxylic acids is 1. The van der Waals surface area contributed by atoms with E-state index in [-0.39, 0.29) is 0 Å². The molecule has 1 rings (SSSR count). The fourth-order valence-electron chi connectivity index (χ4n) is 1.28. The van der Waals surface area contributed by atoms with Crippen molar-refractivity contribution >= 4 is 39.2 Å². The molecule has 0 aromatic heterocycles. The van der Waals surface area contributed by atoms with Crippen LogP contribution in [0.25, 0.3) is 0 Å². The number of benzene rings is 1. The van der Waals surface area contributed by atoms with Gasteiger partial charge in [0.05, 0.1) is 5.02 Å². The first-order valence-corrected chi connectivity index (χ1v) is 6.33. The number of aliphatic carboxylic acids is 1. The highest BCUT2D eigenvalue weighted by atomic mass is 79.9.